The summed E-state index contributed by atoms with van der Waals surface area (Å²) in [6.07, 6.45) is 5.19. The van der Waals surface area contributed by atoms with Gasteiger partial charge in [0.25, 0.3) is 0 Å². The van der Waals surface area contributed by atoms with Crippen molar-refractivity contribution in [2.45, 2.75) is 0 Å². The molecule has 0 unspecified atom stereocenters. The summed E-state index contributed by atoms with van der Waals surface area (Å²) in [5, 5.41) is 7.79. The average molecular weight is 170 g/mol. The van der Waals surface area contributed by atoms with Crippen LogP contribution in [0, 0.1) is 0 Å². The molecule has 0 fully saturated rings. The molecule has 1 aromatic heterocycles. The number of carbonyl (C=O) groups is 1. The number of ketones is 1. The van der Waals surface area contributed by atoms with Gasteiger partial charge >= 0.3 is 0 Å². The van der Waals surface area contributed by atoms with E-state index in [0.717, 1.165) is 22.0 Å². The normalized spacial score (nSPS) is 14.0. The highest BCUT2D eigenvalue weighted by Gasteiger charge is 2.14. The van der Waals surface area contributed by atoms with Crippen molar-refractivity contribution in [1.82, 2.24) is 10.2 Å². The van der Waals surface area contributed by atoms with E-state index in [0.29, 0.717) is 0 Å². The van der Waals surface area contributed by atoms with Crippen molar-refractivity contribution in [3.63, 3.8) is 0 Å². The molecule has 0 saturated carbocycles. The van der Waals surface area contributed by atoms with Gasteiger partial charge < -0.3 is 0 Å². The Labute approximate surface area is 74.1 Å². The Morgan fingerprint density at radius 2 is 2.15 bits per heavy atom. The van der Waals surface area contributed by atoms with E-state index in [1.54, 1.807) is 12.3 Å². The van der Waals surface area contributed by atoms with Gasteiger partial charge in [0.15, 0.2) is 5.78 Å². The molecule has 3 nitrogen and oxygen atoms in total. The quantitative estimate of drug-likeness (QED) is 0.654. The number of nitrogens with zero attached hydrogens (tertiary/aromatic N) is 1. The average Bonchev–Trinajstić information content (AvgIpc) is 2.70. The monoisotopic (exact) mass is 170 g/mol. The lowest BCUT2D eigenvalue weighted by Crippen LogP contribution is -1.90. The molecule has 1 N–H and O–H groups in total. The standard InChI is InChI=1S/C10H6N2O/c13-10-2-1-6-3-7-5-11-12-9(7)4-8(6)10/h1-5H,(H,11,12). The Kier molecular flexibility index (Phi) is 1.05. The van der Waals surface area contributed by atoms with Gasteiger partial charge in [-0.1, -0.05) is 6.08 Å². The first-order valence-corrected chi connectivity index (χ1v) is 4.04. The summed E-state index contributed by atoms with van der Waals surface area (Å²) in [4.78, 5) is 11.3. The minimum atomic E-state index is 0.0755. The van der Waals surface area contributed by atoms with Gasteiger partial charge in [-0.2, -0.15) is 5.10 Å². The summed E-state index contributed by atoms with van der Waals surface area (Å²) >= 11 is 0. The molecule has 0 aliphatic heterocycles. The van der Waals surface area contributed by atoms with Crippen LogP contribution in [-0.4, -0.2) is 16.0 Å². The van der Waals surface area contributed by atoms with E-state index in [-0.39, 0.29) is 5.78 Å². The summed E-state index contributed by atoms with van der Waals surface area (Å²) in [7, 11) is 0. The van der Waals surface area contributed by atoms with Crippen LogP contribution in [0.15, 0.2) is 24.4 Å². The third-order valence-corrected chi connectivity index (χ3v) is 2.29. The zero-order valence-electron chi connectivity index (χ0n) is 6.74. The number of aromatic nitrogens is 2. The van der Waals surface area contributed by atoms with Crippen molar-refractivity contribution < 1.29 is 4.79 Å². The zero-order chi connectivity index (χ0) is 8.84. The van der Waals surface area contributed by atoms with E-state index in [1.165, 1.54) is 0 Å². The summed E-state index contributed by atoms with van der Waals surface area (Å²) < 4.78 is 0. The second-order valence-electron chi connectivity index (χ2n) is 3.09. The van der Waals surface area contributed by atoms with E-state index in [2.05, 4.69) is 10.2 Å². The summed E-state index contributed by atoms with van der Waals surface area (Å²) in [5.41, 5.74) is 2.66. The summed E-state index contributed by atoms with van der Waals surface area (Å²) in [6, 6.07) is 3.82. The number of aromatic amines is 1. The Hall–Kier alpha value is -1.90. The Morgan fingerprint density at radius 1 is 1.23 bits per heavy atom. The van der Waals surface area contributed by atoms with E-state index in [9.17, 15) is 4.79 Å². The van der Waals surface area contributed by atoms with Crippen molar-refractivity contribution in [1.29, 1.82) is 0 Å². The molecule has 0 radical (unpaired) electrons. The lowest BCUT2D eigenvalue weighted by molar-refractivity contribution is 0.105. The van der Waals surface area contributed by atoms with Crippen LogP contribution in [0.2, 0.25) is 0 Å². The summed E-state index contributed by atoms with van der Waals surface area (Å²) in [5.74, 6) is 0.0755. The minimum Gasteiger partial charge on any atom is -0.289 e. The number of carbonyl (C=O) groups excluding carboxylic acids is 1. The Morgan fingerprint density at radius 3 is 3.08 bits per heavy atom. The van der Waals surface area contributed by atoms with Crippen LogP contribution in [0.25, 0.3) is 17.0 Å². The van der Waals surface area contributed by atoms with Crippen molar-refractivity contribution in [2.24, 2.45) is 0 Å². The molecule has 62 valence electrons. The lowest BCUT2D eigenvalue weighted by atomic mass is 10.1. The van der Waals surface area contributed by atoms with Crippen LogP contribution < -0.4 is 0 Å². The summed E-state index contributed by atoms with van der Waals surface area (Å²) in [6.45, 7) is 0. The van der Waals surface area contributed by atoms with E-state index in [4.69, 9.17) is 0 Å². The molecule has 1 aliphatic carbocycles. The van der Waals surface area contributed by atoms with Gasteiger partial charge in [0, 0.05) is 10.9 Å². The molecule has 1 heterocycles. The fourth-order valence-corrected chi connectivity index (χ4v) is 1.62. The Balaban J connectivity index is 2.44. The molecular formula is C10H6N2O. The first-order chi connectivity index (χ1) is 6.34. The molecule has 0 saturated heterocycles. The number of benzene rings is 1. The molecule has 1 aromatic carbocycles. The van der Waals surface area contributed by atoms with Crippen LogP contribution in [0.3, 0.4) is 0 Å². The predicted molar refractivity (Wildman–Crippen MR) is 49.5 cm³/mol. The smallest absolute Gasteiger partial charge is 0.186 e. The van der Waals surface area contributed by atoms with Gasteiger partial charge in [-0.15, -0.1) is 0 Å². The molecule has 3 rings (SSSR count). The highest BCUT2D eigenvalue weighted by molar-refractivity contribution is 6.15. The maximum absolute atomic E-state index is 11.3. The maximum atomic E-state index is 11.3. The van der Waals surface area contributed by atoms with Crippen LogP contribution in [0.1, 0.15) is 15.9 Å². The van der Waals surface area contributed by atoms with Gasteiger partial charge in [0.2, 0.25) is 0 Å². The van der Waals surface area contributed by atoms with E-state index < -0.39 is 0 Å². The number of hydrogen-bond acceptors (Lipinski definition) is 2. The fraction of sp³-hybridized carbons (Fsp3) is 0. The molecule has 1 aliphatic rings. The lowest BCUT2D eigenvalue weighted by Gasteiger charge is -1.96. The third-order valence-electron chi connectivity index (χ3n) is 2.29. The van der Waals surface area contributed by atoms with Crippen molar-refractivity contribution in [3.05, 3.63) is 35.5 Å². The van der Waals surface area contributed by atoms with Crippen LogP contribution >= 0.6 is 0 Å². The second-order valence-corrected chi connectivity index (χ2v) is 3.09. The number of H-pyrrole nitrogens is 1. The van der Waals surface area contributed by atoms with Gasteiger partial charge in [0.05, 0.1) is 11.7 Å². The fourth-order valence-electron chi connectivity index (χ4n) is 1.62. The topological polar surface area (TPSA) is 45.8 Å². The van der Waals surface area contributed by atoms with Gasteiger partial charge in [-0.3, -0.25) is 9.89 Å². The molecule has 0 bridgehead atoms. The second kappa shape index (κ2) is 2.07. The minimum absolute atomic E-state index is 0.0755. The van der Waals surface area contributed by atoms with E-state index >= 15 is 0 Å². The number of fused-ring (bicyclic) bond motifs is 2. The number of allylic oxidation sites excluding steroid dienone is 1. The van der Waals surface area contributed by atoms with Crippen LogP contribution in [0.5, 0.6) is 0 Å². The first kappa shape index (κ1) is 6.60. The van der Waals surface area contributed by atoms with Crippen molar-refractivity contribution in [2.75, 3.05) is 0 Å². The molecule has 0 atom stereocenters. The number of rotatable bonds is 0. The zero-order valence-corrected chi connectivity index (χ0v) is 6.74. The maximum Gasteiger partial charge on any atom is 0.186 e. The largest absolute Gasteiger partial charge is 0.289 e. The molecular weight excluding hydrogens is 164 g/mol. The van der Waals surface area contributed by atoms with Gasteiger partial charge in [-0.05, 0) is 23.8 Å². The van der Waals surface area contributed by atoms with Gasteiger partial charge in [0.1, 0.15) is 0 Å². The molecule has 0 spiro atoms. The highest BCUT2D eigenvalue weighted by Crippen LogP contribution is 2.24. The molecule has 0 amide bonds. The SMILES string of the molecule is O=C1C=Cc2cc3cn[nH]c3cc21. The molecule has 2 aromatic rings. The van der Waals surface area contributed by atoms with Crippen LogP contribution in [0.4, 0.5) is 0 Å². The highest BCUT2D eigenvalue weighted by atomic mass is 16.1. The van der Waals surface area contributed by atoms with Crippen LogP contribution in [-0.2, 0) is 0 Å². The number of hydrogen-bond donors (Lipinski definition) is 1. The van der Waals surface area contributed by atoms with Crippen molar-refractivity contribution in [3.8, 4) is 0 Å². The van der Waals surface area contributed by atoms with E-state index in [1.807, 2.05) is 18.2 Å². The predicted octanol–water partition coefficient (Wildman–Crippen LogP) is 1.77. The molecule has 3 heteroatoms. The van der Waals surface area contributed by atoms with Gasteiger partial charge in [-0.25, -0.2) is 0 Å². The first-order valence-electron chi connectivity index (χ1n) is 4.04. The molecule has 13 heavy (non-hydrogen) atoms. The van der Waals surface area contributed by atoms with Crippen molar-refractivity contribution >= 4 is 22.8 Å². The number of nitrogens with one attached hydrogen (secondary N) is 1. The Bertz CT molecular complexity index is 537. The third kappa shape index (κ3) is 0.783.